The van der Waals surface area contributed by atoms with Crippen molar-refractivity contribution in [3.63, 3.8) is 0 Å². The van der Waals surface area contributed by atoms with Gasteiger partial charge in [-0.15, -0.1) is 0 Å². The zero-order chi connectivity index (χ0) is 8.89. The lowest BCUT2D eigenvalue weighted by molar-refractivity contribution is 0.106. The van der Waals surface area contributed by atoms with Crippen LogP contribution in [-0.4, -0.2) is 3.92 Å². The van der Waals surface area contributed by atoms with Gasteiger partial charge in [0.25, 0.3) is 0 Å². The first-order chi connectivity index (χ1) is 6.30. The summed E-state index contributed by atoms with van der Waals surface area (Å²) in [6.45, 7) is 0. The molecule has 0 nitrogen and oxygen atoms in total. The number of alkyl halides is 1. The van der Waals surface area contributed by atoms with Crippen molar-refractivity contribution in [3.05, 3.63) is 0 Å². The predicted molar refractivity (Wildman–Crippen MR) is 64.2 cm³/mol. The predicted octanol–water partition coefficient (Wildman–Crippen LogP) is 4.17. The fourth-order valence-electron chi connectivity index (χ4n) is 4.34. The normalized spacial score (nSPS) is 47.3. The number of fused-ring (bicyclic) bond motifs is 3. The molecule has 3 saturated carbocycles. The molecule has 0 radical (unpaired) electrons. The maximum absolute atomic E-state index is 2.70. The molecule has 3 fully saturated rings. The molecule has 0 saturated heterocycles. The van der Waals surface area contributed by atoms with Crippen LogP contribution in [0.4, 0.5) is 0 Å². The quantitative estimate of drug-likeness (QED) is 0.464. The number of hydrogen-bond donors (Lipinski definition) is 0. The van der Waals surface area contributed by atoms with E-state index in [2.05, 4.69) is 22.6 Å². The number of rotatable bonds is 0. The van der Waals surface area contributed by atoms with Gasteiger partial charge >= 0.3 is 0 Å². The molecule has 3 unspecified atom stereocenters. The van der Waals surface area contributed by atoms with Crippen molar-refractivity contribution in [2.24, 2.45) is 17.3 Å². The van der Waals surface area contributed by atoms with Crippen LogP contribution in [0.2, 0.25) is 0 Å². The summed E-state index contributed by atoms with van der Waals surface area (Å²) in [5, 5.41) is 0. The molecule has 0 aromatic heterocycles. The standard InChI is InChI=1S/C12H19I/c13-11-7-10-6-9(11)8-12(10)4-2-1-3-5-12/h9-11H,1-8H2. The van der Waals surface area contributed by atoms with Crippen LogP contribution in [0.3, 0.4) is 0 Å². The lowest BCUT2D eigenvalue weighted by Crippen LogP contribution is -2.32. The fourth-order valence-corrected chi connectivity index (χ4v) is 5.50. The number of hydrogen-bond acceptors (Lipinski definition) is 0. The second-order valence-electron chi connectivity index (χ2n) is 5.57. The summed E-state index contributed by atoms with van der Waals surface area (Å²) in [4.78, 5) is 0. The molecule has 3 rings (SSSR count). The molecule has 1 spiro atoms. The van der Waals surface area contributed by atoms with Gasteiger partial charge < -0.3 is 0 Å². The molecule has 74 valence electrons. The first-order valence-electron chi connectivity index (χ1n) is 5.94. The van der Waals surface area contributed by atoms with E-state index in [1.165, 1.54) is 19.3 Å². The Hall–Kier alpha value is 0.730. The molecule has 0 heterocycles. The molecule has 0 N–H and O–H groups in total. The highest BCUT2D eigenvalue weighted by molar-refractivity contribution is 14.1. The Morgan fingerprint density at radius 3 is 2.31 bits per heavy atom. The van der Waals surface area contributed by atoms with E-state index >= 15 is 0 Å². The highest BCUT2D eigenvalue weighted by atomic mass is 127. The van der Waals surface area contributed by atoms with Gasteiger partial charge in [0.05, 0.1) is 0 Å². The molecule has 0 aromatic rings. The molecule has 1 heteroatoms. The Bertz CT molecular complexity index is 203. The van der Waals surface area contributed by atoms with Crippen molar-refractivity contribution in [1.29, 1.82) is 0 Å². The van der Waals surface area contributed by atoms with Crippen LogP contribution in [0.25, 0.3) is 0 Å². The lowest BCUT2D eigenvalue weighted by atomic mass is 9.64. The Morgan fingerprint density at radius 1 is 1.00 bits per heavy atom. The van der Waals surface area contributed by atoms with Crippen LogP contribution in [0.5, 0.6) is 0 Å². The molecular formula is C12H19I. The van der Waals surface area contributed by atoms with Crippen LogP contribution in [0.1, 0.15) is 51.4 Å². The van der Waals surface area contributed by atoms with Crippen molar-refractivity contribution >= 4 is 22.6 Å². The third kappa shape index (κ3) is 1.29. The van der Waals surface area contributed by atoms with Gasteiger partial charge in [0.1, 0.15) is 0 Å². The van der Waals surface area contributed by atoms with E-state index in [-0.39, 0.29) is 0 Å². The zero-order valence-corrected chi connectivity index (χ0v) is 10.4. The van der Waals surface area contributed by atoms with E-state index in [1.807, 2.05) is 0 Å². The van der Waals surface area contributed by atoms with Crippen LogP contribution in [-0.2, 0) is 0 Å². The van der Waals surface area contributed by atoms with Gasteiger partial charge in [-0.05, 0) is 49.4 Å². The monoisotopic (exact) mass is 290 g/mol. The maximum Gasteiger partial charge on any atom is 0.0141 e. The molecule has 2 bridgehead atoms. The minimum atomic E-state index is 0.866. The molecule has 3 aliphatic rings. The third-order valence-electron chi connectivity index (χ3n) is 4.99. The SMILES string of the molecule is IC1CC2CC1CC21CCCCC1. The molecule has 0 aliphatic heterocycles. The Kier molecular flexibility index (Phi) is 2.15. The van der Waals surface area contributed by atoms with Crippen LogP contribution in [0, 0.1) is 17.3 Å². The van der Waals surface area contributed by atoms with E-state index < -0.39 is 0 Å². The van der Waals surface area contributed by atoms with Gasteiger partial charge in [0, 0.05) is 3.92 Å². The third-order valence-corrected chi connectivity index (χ3v) is 6.52. The summed E-state index contributed by atoms with van der Waals surface area (Å²) in [6.07, 6.45) is 12.5. The van der Waals surface area contributed by atoms with Gasteiger partial charge in [0.15, 0.2) is 0 Å². The molecule has 0 aromatic carbocycles. The van der Waals surface area contributed by atoms with E-state index in [0.29, 0.717) is 0 Å². The smallest absolute Gasteiger partial charge is 0.0141 e. The van der Waals surface area contributed by atoms with Crippen molar-refractivity contribution in [1.82, 2.24) is 0 Å². The first-order valence-corrected chi connectivity index (χ1v) is 7.19. The van der Waals surface area contributed by atoms with Gasteiger partial charge in [0.2, 0.25) is 0 Å². The highest BCUT2D eigenvalue weighted by Crippen LogP contribution is 2.63. The molecule has 3 aliphatic carbocycles. The van der Waals surface area contributed by atoms with E-state index in [0.717, 1.165) is 21.2 Å². The van der Waals surface area contributed by atoms with E-state index in [1.54, 1.807) is 32.1 Å². The Labute approximate surface area is 95.0 Å². The lowest BCUT2D eigenvalue weighted by Gasteiger charge is -2.42. The first kappa shape index (κ1) is 8.99. The summed E-state index contributed by atoms with van der Waals surface area (Å²) in [5.74, 6) is 2.25. The van der Waals surface area contributed by atoms with Crippen molar-refractivity contribution < 1.29 is 0 Å². The van der Waals surface area contributed by atoms with Crippen molar-refractivity contribution in [3.8, 4) is 0 Å². The second-order valence-corrected chi connectivity index (χ2v) is 7.17. The summed E-state index contributed by atoms with van der Waals surface area (Å²) in [7, 11) is 0. The van der Waals surface area contributed by atoms with Crippen molar-refractivity contribution in [2.75, 3.05) is 0 Å². The summed E-state index contributed by atoms with van der Waals surface area (Å²) in [5.41, 5.74) is 0.866. The van der Waals surface area contributed by atoms with Gasteiger partial charge in [-0.25, -0.2) is 0 Å². The van der Waals surface area contributed by atoms with E-state index in [4.69, 9.17) is 0 Å². The van der Waals surface area contributed by atoms with Crippen LogP contribution < -0.4 is 0 Å². The summed E-state index contributed by atoms with van der Waals surface area (Å²) in [6, 6.07) is 0. The maximum atomic E-state index is 2.70. The molecule has 13 heavy (non-hydrogen) atoms. The zero-order valence-electron chi connectivity index (χ0n) is 8.27. The molecule has 3 atom stereocenters. The Morgan fingerprint density at radius 2 is 1.77 bits per heavy atom. The second kappa shape index (κ2) is 3.11. The van der Waals surface area contributed by atoms with Crippen LogP contribution in [0.15, 0.2) is 0 Å². The number of halogens is 1. The summed E-state index contributed by atoms with van der Waals surface area (Å²) >= 11 is 2.70. The van der Waals surface area contributed by atoms with Gasteiger partial charge in [-0.2, -0.15) is 0 Å². The largest absolute Gasteiger partial charge is 0.0823 e. The van der Waals surface area contributed by atoms with Crippen molar-refractivity contribution in [2.45, 2.75) is 55.3 Å². The average Bonchev–Trinajstić information content (AvgIpc) is 2.63. The van der Waals surface area contributed by atoms with Crippen LogP contribution >= 0.6 is 22.6 Å². The average molecular weight is 290 g/mol. The van der Waals surface area contributed by atoms with Gasteiger partial charge in [-0.1, -0.05) is 41.9 Å². The highest BCUT2D eigenvalue weighted by Gasteiger charge is 2.53. The fraction of sp³-hybridized carbons (Fsp3) is 1.00. The molecule has 0 amide bonds. The minimum absolute atomic E-state index is 0.866. The Balaban J connectivity index is 1.80. The minimum Gasteiger partial charge on any atom is -0.0823 e. The summed E-state index contributed by atoms with van der Waals surface area (Å²) < 4.78 is 1.04. The topological polar surface area (TPSA) is 0 Å². The van der Waals surface area contributed by atoms with E-state index in [9.17, 15) is 0 Å². The molecular weight excluding hydrogens is 271 g/mol. The van der Waals surface area contributed by atoms with Gasteiger partial charge in [-0.3, -0.25) is 0 Å².